The highest BCUT2D eigenvalue weighted by molar-refractivity contribution is 5.93. The van der Waals surface area contributed by atoms with Crippen molar-refractivity contribution in [3.63, 3.8) is 0 Å². The number of nitrogens with one attached hydrogen (secondary N) is 1. The van der Waals surface area contributed by atoms with E-state index in [4.69, 9.17) is 4.99 Å². The molecule has 0 saturated carbocycles. The van der Waals surface area contributed by atoms with Crippen molar-refractivity contribution in [3.05, 3.63) is 65.4 Å². The Morgan fingerprint density at radius 1 is 1.06 bits per heavy atom. The fourth-order valence-electron chi connectivity index (χ4n) is 5.92. The number of likely N-dealkylation sites (tertiary alicyclic amines) is 2. The summed E-state index contributed by atoms with van der Waals surface area (Å²) in [6.45, 7) is 5.57. The third-order valence-corrected chi connectivity index (χ3v) is 7.78. The number of amides is 1. The van der Waals surface area contributed by atoms with Gasteiger partial charge in [-0.05, 0) is 55.9 Å². The Labute approximate surface area is 189 Å². The molecule has 1 spiro atoms. The van der Waals surface area contributed by atoms with Crippen molar-refractivity contribution in [1.82, 2.24) is 14.8 Å². The zero-order valence-electron chi connectivity index (χ0n) is 18.7. The van der Waals surface area contributed by atoms with Gasteiger partial charge in [0.15, 0.2) is 0 Å². The van der Waals surface area contributed by atoms with E-state index in [-0.39, 0.29) is 5.41 Å². The molecule has 0 bridgehead atoms. The van der Waals surface area contributed by atoms with Crippen molar-refractivity contribution < 1.29 is 4.79 Å². The van der Waals surface area contributed by atoms with Crippen LogP contribution in [0.15, 0.2) is 53.7 Å². The highest BCUT2D eigenvalue weighted by Crippen LogP contribution is 2.42. The average Bonchev–Trinajstić information content (AvgIpc) is 3.41. The zero-order chi connectivity index (χ0) is 21.7. The SMILES string of the molecule is Cc1ccc2c(c1)CC(N1CCC3(CCCN(Cc4c[nH]c5ccccc45)C3=O)CC1)=N2. The van der Waals surface area contributed by atoms with Crippen LogP contribution >= 0.6 is 0 Å². The van der Waals surface area contributed by atoms with E-state index in [1.54, 1.807) is 0 Å². The predicted octanol–water partition coefficient (Wildman–Crippen LogP) is 4.97. The molecular formula is C27H30N4O. The molecule has 2 fully saturated rings. The van der Waals surface area contributed by atoms with Gasteiger partial charge in [-0.15, -0.1) is 0 Å². The number of hydrogen-bond donors (Lipinski definition) is 1. The molecular weight excluding hydrogens is 396 g/mol. The number of H-pyrrole nitrogens is 1. The minimum absolute atomic E-state index is 0.191. The molecule has 1 amide bonds. The topological polar surface area (TPSA) is 51.7 Å². The van der Waals surface area contributed by atoms with Crippen LogP contribution < -0.4 is 0 Å². The lowest BCUT2D eigenvalue weighted by Crippen LogP contribution is -2.54. The van der Waals surface area contributed by atoms with Gasteiger partial charge in [0.2, 0.25) is 5.91 Å². The number of fused-ring (bicyclic) bond motifs is 2. The number of aromatic amines is 1. The molecule has 32 heavy (non-hydrogen) atoms. The van der Waals surface area contributed by atoms with E-state index < -0.39 is 0 Å². The number of nitrogens with zero attached hydrogens (tertiary/aromatic N) is 3. The summed E-state index contributed by atoms with van der Waals surface area (Å²) < 4.78 is 0. The molecule has 0 atom stereocenters. The molecule has 2 saturated heterocycles. The molecule has 0 aliphatic carbocycles. The maximum absolute atomic E-state index is 13.7. The number of amidine groups is 1. The second kappa shape index (κ2) is 7.51. The number of aryl methyl sites for hydroxylation is 1. The van der Waals surface area contributed by atoms with E-state index in [9.17, 15) is 4.79 Å². The molecule has 2 aromatic carbocycles. The Hall–Kier alpha value is -3.08. The van der Waals surface area contributed by atoms with Crippen molar-refractivity contribution in [2.45, 2.75) is 45.6 Å². The third-order valence-electron chi connectivity index (χ3n) is 7.78. The molecule has 4 heterocycles. The summed E-state index contributed by atoms with van der Waals surface area (Å²) in [5, 5.41) is 1.23. The molecule has 6 rings (SSSR count). The monoisotopic (exact) mass is 426 g/mol. The maximum Gasteiger partial charge on any atom is 0.229 e. The summed E-state index contributed by atoms with van der Waals surface area (Å²) in [6, 6.07) is 14.9. The summed E-state index contributed by atoms with van der Waals surface area (Å²) in [6.07, 6.45) is 6.98. The number of aliphatic imine (C=N–C) groups is 1. The van der Waals surface area contributed by atoms with E-state index in [1.165, 1.54) is 27.9 Å². The van der Waals surface area contributed by atoms with Crippen LogP contribution in [0.3, 0.4) is 0 Å². The quantitative estimate of drug-likeness (QED) is 0.629. The molecule has 5 heteroatoms. The summed E-state index contributed by atoms with van der Waals surface area (Å²) in [4.78, 5) is 26.5. The van der Waals surface area contributed by atoms with Gasteiger partial charge in [0, 0.05) is 49.7 Å². The summed E-state index contributed by atoms with van der Waals surface area (Å²) in [5.41, 5.74) is 5.91. The van der Waals surface area contributed by atoms with Crippen LogP contribution in [-0.2, 0) is 17.8 Å². The highest BCUT2D eigenvalue weighted by Gasteiger charge is 2.46. The Morgan fingerprint density at radius 2 is 1.91 bits per heavy atom. The van der Waals surface area contributed by atoms with Crippen LogP contribution in [-0.4, -0.2) is 46.2 Å². The van der Waals surface area contributed by atoms with Crippen LogP contribution in [0, 0.1) is 12.3 Å². The van der Waals surface area contributed by atoms with E-state index >= 15 is 0 Å². The first-order chi connectivity index (χ1) is 15.6. The van der Waals surface area contributed by atoms with Gasteiger partial charge in [-0.3, -0.25) is 4.79 Å². The Morgan fingerprint density at radius 3 is 2.78 bits per heavy atom. The van der Waals surface area contributed by atoms with Crippen molar-refractivity contribution in [1.29, 1.82) is 0 Å². The Balaban J connectivity index is 1.15. The number of carbonyl (C=O) groups is 1. The second-order valence-electron chi connectivity index (χ2n) is 9.79. The smallest absolute Gasteiger partial charge is 0.229 e. The molecule has 1 aromatic heterocycles. The molecule has 5 nitrogen and oxygen atoms in total. The normalized spacial score (nSPS) is 20.2. The number of carbonyl (C=O) groups excluding carboxylic acids is 1. The first kappa shape index (κ1) is 19.6. The zero-order valence-corrected chi connectivity index (χ0v) is 18.7. The number of aromatic nitrogens is 1. The molecule has 1 N–H and O–H groups in total. The van der Waals surface area contributed by atoms with Crippen LogP contribution in [0.2, 0.25) is 0 Å². The maximum atomic E-state index is 13.7. The third kappa shape index (κ3) is 3.22. The summed E-state index contributed by atoms with van der Waals surface area (Å²) in [7, 11) is 0. The van der Waals surface area contributed by atoms with E-state index in [0.29, 0.717) is 12.5 Å². The van der Waals surface area contributed by atoms with Gasteiger partial charge in [-0.1, -0.05) is 35.9 Å². The van der Waals surface area contributed by atoms with Crippen molar-refractivity contribution in [2.75, 3.05) is 19.6 Å². The second-order valence-corrected chi connectivity index (χ2v) is 9.79. The summed E-state index contributed by atoms with van der Waals surface area (Å²) in [5.74, 6) is 1.54. The Kier molecular flexibility index (Phi) is 4.60. The van der Waals surface area contributed by atoms with Gasteiger partial charge in [0.1, 0.15) is 5.84 Å². The van der Waals surface area contributed by atoms with Crippen LogP contribution in [0.25, 0.3) is 10.9 Å². The molecule has 0 radical (unpaired) electrons. The van der Waals surface area contributed by atoms with Gasteiger partial charge in [0.25, 0.3) is 0 Å². The largest absolute Gasteiger partial charge is 0.361 e. The Bertz CT molecular complexity index is 1220. The summed E-state index contributed by atoms with van der Waals surface area (Å²) >= 11 is 0. The molecule has 3 aromatic rings. The molecule has 3 aliphatic rings. The van der Waals surface area contributed by atoms with Gasteiger partial charge in [-0.25, -0.2) is 4.99 Å². The standard InChI is InChI=1S/C27H30N4O/c1-19-7-8-23-20(15-19)16-25(29-23)30-13-10-27(11-14-30)9-4-12-31(26(27)32)18-21-17-28-24-6-3-2-5-22(21)24/h2-3,5-8,15,17,28H,4,9-14,16,18H2,1H3. The minimum Gasteiger partial charge on any atom is -0.361 e. The van der Waals surface area contributed by atoms with E-state index in [1.807, 2.05) is 6.07 Å². The lowest BCUT2D eigenvalue weighted by atomic mass is 9.71. The lowest BCUT2D eigenvalue weighted by Gasteiger charge is -2.46. The highest BCUT2D eigenvalue weighted by atomic mass is 16.2. The van der Waals surface area contributed by atoms with Gasteiger partial charge in [0.05, 0.1) is 11.1 Å². The average molecular weight is 427 g/mol. The predicted molar refractivity (Wildman–Crippen MR) is 128 cm³/mol. The fraction of sp³-hybridized carbons (Fsp3) is 0.407. The van der Waals surface area contributed by atoms with Crippen molar-refractivity contribution in [2.24, 2.45) is 10.4 Å². The minimum atomic E-state index is -0.191. The van der Waals surface area contributed by atoms with E-state index in [2.05, 4.69) is 64.3 Å². The van der Waals surface area contributed by atoms with Crippen LogP contribution in [0.4, 0.5) is 5.69 Å². The number of para-hydroxylation sites is 1. The first-order valence-corrected chi connectivity index (χ1v) is 11.9. The fourth-order valence-corrected chi connectivity index (χ4v) is 5.92. The van der Waals surface area contributed by atoms with Crippen molar-refractivity contribution >= 4 is 28.3 Å². The number of piperidine rings is 2. The first-order valence-electron chi connectivity index (χ1n) is 11.9. The van der Waals surface area contributed by atoms with Crippen LogP contribution in [0.1, 0.15) is 42.4 Å². The molecule has 164 valence electrons. The number of benzene rings is 2. The van der Waals surface area contributed by atoms with Gasteiger partial charge >= 0.3 is 0 Å². The number of rotatable bonds is 2. The molecule has 3 aliphatic heterocycles. The number of hydrogen-bond acceptors (Lipinski definition) is 3. The van der Waals surface area contributed by atoms with Crippen LogP contribution in [0.5, 0.6) is 0 Å². The van der Waals surface area contributed by atoms with Crippen molar-refractivity contribution in [3.8, 4) is 0 Å². The lowest BCUT2D eigenvalue weighted by molar-refractivity contribution is -0.150. The van der Waals surface area contributed by atoms with Gasteiger partial charge in [-0.2, -0.15) is 0 Å². The molecule has 0 unspecified atom stereocenters. The van der Waals surface area contributed by atoms with Gasteiger partial charge < -0.3 is 14.8 Å². The van der Waals surface area contributed by atoms with E-state index in [0.717, 1.165) is 62.9 Å².